The van der Waals surface area contributed by atoms with Crippen molar-refractivity contribution < 1.29 is 9.68 Å². The minimum Gasteiger partial charge on any atom is -0.395 e. The van der Waals surface area contributed by atoms with Gasteiger partial charge < -0.3 is 9.68 Å². The highest BCUT2D eigenvalue weighted by molar-refractivity contribution is 9.10. The van der Waals surface area contributed by atoms with E-state index in [4.69, 9.17) is 9.68 Å². The molecule has 1 aliphatic rings. The Morgan fingerprint density at radius 1 is 1.10 bits per heavy atom. The standard InChI is InChI=1S/C22H27BrN4O2/c1-15-11-12-17-7-5-9-19(21(17)24-15)27-29-14-22(3,4)13-28-26-16(2)18-8-6-10-20(23)25-18/h6,8,10-12H,5,7,9,13-14H2,1-4H3/b26-16+,27-19+. The molecule has 3 rings (SSSR count). The number of fused-ring (bicyclic) bond motifs is 1. The lowest BCUT2D eigenvalue weighted by atomic mass is 9.94. The van der Waals surface area contributed by atoms with Crippen LogP contribution >= 0.6 is 15.9 Å². The smallest absolute Gasteiger partial charge is 0.125 e. The van der Waals surface area contributed by atoms with Crippen LogP contribution < -0.4 is 0 Å². The predicted molar refractivity (Wildman–Crippen MR) is 118 cm³/mol. The van der Waals surface area contributed by atoms with Crippen LogP contribution in [-0.2, 0) is 16.1 Å². The van der Waals surface area contributed by atoms with Crippen LogP contribution in [0.3, 0.4) is 0 Å². The maximum atomic E-state index is 5.69. The molecule has 0 atom stereocenters. The van der Waals surface area contributed by atoms with Crippen molar-refractivity contribution >= 4 is 27.4 Å². The molecule has 7 heteroatoms. The zero-order valence-corrected chi connectivity index (χ0v) is 19.0. The van der Waals surface area contributed by atoms with E-state index in [0.717, 1.165) is 52.4 Å². The van der Waals surface area contributed by atoms with Crippen LogP contribution in [0.1, 0.15) is 56.3 Å². The Morgan fingerprint density at radius 2 is 1.90 bits per heavy atom. The molecular formula is C22H27BrN4O2. The van der Waals surface area contributed by atoms with Crippen LogP contribution in [0.5, 0.6) is 0 Å². The quantitative estimate of drug-likeness (QED) is 0.329. The van der Waals surface area contributed by atoms with Crippen LogP contribution in [0.2, 0.25) is 0 Å². The molecule has 0 aliphatic heterocycles. The summed E-state index contributed by atoms with van der Waals surface area (Å²) >= 11 is 3.37. The van der Waals surface area contributed by atoms with E-state index in [1.165, 1.54) is 5.56 Å². The van der Waals surface area contributed by atoms with Gasteiger partial charge in [-0.3, -0.25) is 4.98 Å². The summed E-state index contributed by atoms with van der Waals surface area (Å²) in [5.74, 6) is 0. The summed E-state index contributed by atoms with van der Waals surface area (Å²) in [5.41, 5.74) is 5.42. The third-order valence-corrected chi connectivity index (χ3v) is 5.07. The molecule has 2 aromatic rings. The summed E-state index contributed by atoms with van der Waals surface area (Å²) in [7, 11) is 0. The molecule has 0 radical (unpaired) electrons. The van der Waals surface area contributed by atoms with Gasteiger partial charge >= 0.3 is 0 Å². The second-order valence-electron chi connectivity index (χ2n) is 8.09. The maximum Gasteiger partial charge on any atom is 0.125 e. The van der Waals surface area contributed by atoms with Crippen molar-refractivity contribution in [2.45, 2.75) is 47.0 Å². The highest BCUT2D eigenvalue weighted by Gasteiger charge is 2.22. The molecule has 0 amide bonds. The molecule has 0 bridgehead atoms. The number of oxime groups is 2. The Labute approximate surface area is 180 Å². The van der Waals surface area contributed by atoms with Crippen LogP contribution in [0.4, 0.5) is 0 Å². The highest BCUT2D eigenvalue weighted by atomic mass is 79.9. The van der Waals surface area contributed by atoms with Gasteiger partial charge in [0, 0.05) is 11.1 Å². The van der Waals surface area contributed by atoms with E-state index in [-0.39, 0.29) is 5.41 Å². The molecule has 29 heavy (non-hydrogen) atoms. The first kappa shape index (κ1) is 21.4. The normalized spacial score (nSPS) is 15.9. The van der Waals surface area contributed by atoms with Crippen LogP contribution in [0.25, 0.3) is 0 Å². The fourth-order valence-electron chi connectivity index (χ4n) is 2.98. The molecule has 154 valence electrons. The Morgan fingerprint density at radius 3 is 2.69 bits per heavy atom. The van der Waals surface area contributed by atoms with Crippen molar-refractivity contribution in [3.63, 3.8) is 0 Å². The molecule has 0 fully saturated rings. The molecule has 0 spiro atoms. The second-order valence-corrected chi connectivity index (χ2v) is 8.90. The van der Waals surface area contributed by atoms with Gasteiger partial charge in [0.25, 0.3) is 0 Å². The van der Waals surface area contributed by atoms with Gasteiger partial charge in [-0.15, -0.1) is 0 Å². The van der Waals surface area contributed by atoms with Crippen LogP contribution in [0.15, 0.2) is 45.2 Å². The summed E-state index contributed by atoms with van der Waals surface area (Å²) in [6, 6.07) is 9.89. The third-order valence-electron chi connectivity index (χ3n) is 4.62. The first-order valence-corrected chi connectivity index (χ1v) is 10.6. The van der Waals surface area contributed by atoms with Gasteiger partial charge in [0.15, 0.2) is 0 Å². The molecule has 0 aromatic carbocycles. The third kappa shape index (κ3) is 6.10. The first-order chi connectivity index (χ1) is 13.8. The van der Waals surface area contributed by atoms with Crippen molar-refractivity contribution in [1.82, 2.24) is 9.97 Å². The van der Waals surface area contributed by atoms with E-state index in [1.54, 1.807) is 0 Å². The second kappa shape index (κ2) is 9.48. The van der Waals surface area contributed by atoms with Crippen LogP contribution in [-0.4, -0.2) is 34.6 Å². The van der Waals surface area contributed by atoms with Gasteiger partial charge in [-0.05, 0) is 72.8 Å². The fourth-order valence-corrected chi connectivity index (χ4v) is 3.32. The Kier molecular flexibility index (Phi) is 7.00. The number of hydrogen-bond donors (Lipinski definition) is 0. The summed E-state index contributed by atoms with van der Waals surface area (Å²) in [6.07, 6.45) is 3.01. The monoisotopic (exact) mass is 458 g/mol. The average molecular weight is 459 g/mol. The van der Waals surface area contributed by atoms with Gasteiger partial charge in [-0.25, -0.2) is 4.98 Å². The maximum absolute atomic E-state index is 5.69. The molecule has 0 unspecified atom stereocenters. The van der Waals surface area contributed by atoms with Gasteiger partial charge in [0.2, 0.25) is 0 Å². The Hall–Kier alpha value is -2.28. The molecule has 0 saturated carbocycles. The van der Waals surface area contributed by atoms with Crippen molar-refractivity contribution in [2.24, 2.45) is 15.7 Å². The molecular weight excluding hydrogens is 432 g/mol. The lowest BCUT2D eigenvalue weighted by Gasteiger charge is -2.22. The average Bonchev–Trinajstić information content (AvgIpc) is 2.68. The lowest BCUT2D eigenvalue weighted by molar-refractivity contribution is -0.000159. The van der Waals surface area contributed by atoms with Crippen molar-refractivity contribution in [3.8, 4) is 0 Å². The SMILES string of the molecule is C/C(=N\OCC(C)(C)CO/N=C1\CCCc2ccc(C)nc21)c1cccc(Br)n1. The summed E-state index contributed by atoms with van der Waals surface area (Å²) < 4.78 is 0.770. The number of aryl methyl sites for hydroxylation is 2. The Bertz CT molecular complexity index is 925. The fraction of sp³-hybridized carbons (Fsp3) is 0.455. The molecule has 0 N–H and O–H groups in total. The topological polar surface area (TPSA) is 69.0 Å². The largest absolute Gasteiger partial charge is 0.395 e. The van der Waals surface area contributed by atoms with Gasteiger partial charge in [0.05, 0.1) is 11.4 Å². The number of nitrogens with zero attached hydrogens (tertiary/aromatic N) is 4. The number of aromatic nitrogens is 2. The van der Waals surface area contributed by atoms with Crippen molar-refractivity contribution in [1.29, 1.82) is 0 Å². The minimum atomic E-state index is -0.240. The minimum absolute atomic E-state index is 0.240. The predicted octanol–water partition coefficient (Wildman–Crippen LogP) is 5.07. The van der Waals surface area contributed by atoms with E-state index in [9.17, 15) is 0 Å². The van der Waals surface area contributed by atoms with Gasteiger partial charge in [0.1, 0.15) is 29.2 Å². The number of halogens is 1. The molecule has 2 heterocycles. The summed E-state index contributed by atoms with van der Waals surface area (Å²) in [4.78, 5) is 20.3. The van der Waals surface area contributed by atoms with E-state index in [2.05, 4.69) is 62.2 Å². The highest BCUT2D eigenvalue weighted by Crippen LogP contribution is 2.22. The van der Waals surface area contributed by atoms with E-state index < -0.39 is 0 Å². The molecule has 6 nitrogen and oxygen atoms in total. The number of hydrogen-bond acceptors (Lipinski definition) is 6. The zero-order valence-electron chi connectivity index (χ0n) is 17.4. The zero-order chi connectivity index (χ0) is 20.9. The van der Waals surface area contributed by atoms with E-state index >= 15 is 0 Å². The van der Waals surface area contributed by atoms with Crippen LogP contribution in [0, 0.1) is 12.3 Å². The Balaban J connectivity index is 1.55. The number of pyridine rings is 2. The molecule has 2 aromatic heterocycles. The van der Waals surface area contributed by atoms with E-state index in [1.807, 2.05) is 32.0 Å². The number of rotatable bonds is 7. The van der Waals surface area contributed by atoms with Gasteiger partial charge in [-0.2, -0.15) is 0 Å². The lowest BCUT2D eigenvalue weighted by Crippen LogP contribution is -2.24. The van der Waals surface area contributed by atoms with Crippen molar-refractivity contribution in [2.75, 3.05) is 13.2 Å². The molecule has 0 saturated heterocycles. The molecule has 1 aliphatic carbocycles. The van der Waals surface area contributed by atoms with E-state index in [0.29, 0.717) is 13.2 Å². The summed E-state index contributed by atoms with van der Waals surface area (Å²) in [5, 5.41) is 8.59. The van der Waals surface area contributed by atoms with Crippen molar-refractivity contribution in [3.05, 3.63) is 57.6 Å². The summed E-state index contributed by atoms with van der Waals surface area (Å²) in [6.45, 7) is 8.84. The van der Waals surface area contributed by atoms with Gasteiger partial charge in [-0.1, -0.05) is 36.3 Å². The first-order valence-electron chi connectivity index (χ1n) is 9.79.